The molecule has 0 bridgehead atoms. The Hall–Kier alpha value is -6.16. The number of thiophene rings is 1. The Kier molecular flexibility index (Phi) is 6.21. The van der Waals surface area contributed by atoms with Crippen LogP contribution in [-0.4, -0.2) is 0 Å². The van der Waals surface area contributed by atoms with Crippen molar-refractivity contribution in [2.45, 2.75) is 19.3 Å². The molecule has 52 heavy (non-hydrogen) atoms. The van der Waals surface area contributed by atoms with E-state index < -0.39 is 0 Å². The maximum absolute atomic E-state index is 6.17. The first kappa shape index (κ1) is 29.6. The summed E-state index contributed by atoms with van der Waals surface area (Å²) in [6.45, 7) is 4.71. The summed E-state index contributed by atoms with van der Waals surface area (Å²) in [5.74, 6) is 0. The third-order valence-electron chi connectivity index (χ3n) is 11.3. The number of furan rings is 1. The zero-order valence-corrected chi connectivity index (χ0v) is 29.7. The lowest BCUT2D eigenvalue weighted by Gasteiger charge is -2.28. The van der Waals surface area contributed by atoms with Gasteiger partial charge < -0.3 is 9.32 Å². The molecule has 246 valence electrons. The van der Waals surface area contributed by atoms with E-state index in [1.54, 1.807) is 0 Å². The second-order valence-corrected chi connectivity index (χ2v) is 15.6. The maximum Gasteiger partial charge on any atom is 0.136 e. The van der Waals surface area contributed by atoms with Gasteiger partial charge in [0.2, 0.25) is 0 Å². The van der Waals surface area contributed by atoms with Crippen molar-refractivity contribution in [2.24, 2.45) is 0 Å². The molecule has 2 heterocycles. The predicted molar refractivity (Wildman–Crippen MR) is 222 cm³/mol. The lowest BCUT2D eigenvalue weighted by Crippen LogP contribution is -2.16. The van der Waals surface area contributed by atoms with E-state index in [9.17, 15) is 0 Å². The van der Waals surface area contributed by atoms with E-state index in [2.05, 4.69) is 170 Å². The fourth-order valence-corrected chi connectivity index (χ4v) is 9.81. The first-order valence-corrected chi connectivity index (χ1v) is 18.7. The topological polar surface area (TPSA) is 16.4 Å². The summed E-state index contributed by atoms with van der Waals surface area (Å²) >= 11 is 1.86. The Morgan fingerprint density at radius 3 is 2.04 bits per heavy atom. The number of hydrogen-bond acceptors (Lipinski definition) is 3. The van der Waals surface area contributed by atoms with Crippen LogP contribution in [0.1, 0.15) is 25.0 Å². The lowest BCUT2D eigenvalue weighted by molar-refractivity contribution is 0.660. The number of anilines is 3. The van der Waals surface area contributed by atoms with Crippen molar-refractivity contribution in [3.8, 4) is 22.3 Å². The molecule has 3 heteroatoms. The normalized spacial score (nSPS) is 13.3. The molecule has 1 aliphatic carbocycles. The zero-order chi connectivity index (χ0) is 34.6. The molecule has 0 atom stereocenters. The molecular formula is C49H33NOS. The van der Waals surface area contributed by atoms with Gasteiger partial charge in [0.15, 0.2) is 0 Å². The minimum atomic E-state index is -0.0860. The van der Waals surface area contributed by atoms with Crippen molar-refractivity contribution in [1.82, 2.24) is 0 Å². The van der Waals surface area contributed by atoms with Crippen LogP contribution in [0.3, 0.4) is 0 Å². The van der Waals surface area contributed by atoms with Crippen LogP contribution in [0.25, 0.3) is 75.1 Å². The van der Waals surface area contributed by atoms with Gasteiger partial charge in [-0.25, -0.2) is 0 Å². The van der Waals surface area contributed by atoms with Crippen molar-refractivity contribution >= 4 is 81.3 Å². The van der Waals surface area contributed by atoms with Gasteiger partial charge in [-0.1, -0.05) is 117 Å². The first-order chi connectivity index (χ1) is 25.5. The largest absolute Gasteiger partial charge is 0.456 e. The van der Waals surface area contributed by atoms with Gasteiger partial charge in [0.1, 0.15) is 11.2 Å². The van der Waals surface area contributed by atoms with Crippen LogP contribution in [0.2, 0.25) is 0 Å². The lowest BCUT2D eigenvalue weighted by atomic mass is 9.82. The Morgan fingerprint density at radius 2 is 1.13 bits per heavy atom. The molecule has 0 unspecified atom stereocenters. The van der Waals surface area contributed by atoms with Gasteiger partial charge in [0.05, 0.1) is 0 Å². The van der Waals surface area contributed by atoms with Crippen molar-refractivity contribution in [3.05, 3.63) is 175 Å². The van der Waals surface area contributed by atoms with E-state index in [1.807, 2.05) is 23.5 Å². The second kappa shape index (κ2) is 10.9. The van der Waals surface area contributed by atoms with Gasteiger partial charge in [-0.3, -0.25) is 0 Å². The molecule has 0 amide bonds. The quantitative estimate of drug-likeness (QED) is 0.184. The van der Waals surface area contributed by atoms with Crippen LogP contribution in [0.5, 0.6) is 0 Å². The Labute approximate surface area is 305 Å². The van der Waals surface area contributed by atoms with Gasteiger partial charge in [0, 0.05) is 53.4 Å². The summed E-state index contributed by atoms with van der Waals surface area (Å²) in [7, 11) is 0. The number of rotatable bonds is 4. The summed E-state index contributed by atoms with van der Waals surface area (Å²) in [4.78, 5) is 2.42. The molecule has 0 spiro atoms. The monoisotopic (exact) mass is 683 g/mol. The highest BCUT2D eigenvalue weighted by molar-refractivity contribution is 7.25. The summed E-state index contributed by atoms with van der Waals surface area (Å²) in [6, 6.07) is 60.0. The van der Waals surface area contributed by atoms with Gasteiger partial charge in [0.25, 0.3) is 0 Å². The minimum absolute atomic E-state index is 0.0860. The molecule has 0 radical (unpaired) electrons. The van der Waals surface area contributed by atoms with Crippen LogP contribution in [-0.2, 0) is 5.41 Å². The summed E-state index contributed by atoms with van der Waals surface area (Å²) < 4.78 is 8.79. The molecular weight excluding hydrogens is 651 g/mol. The molecule has 2 nitrogen and oxygen atoms in total. The number of benzene rings is 8. The van der Waals surface area contributed by atoms with Crippen molar-refractivity contribution in [1.29, 1.82) is 0 Å². The van der Waals surface area contributed by atoms with Crippen LogP contribution >= 0.6 is 11.3 Å². The molecule has 0 saturated heterocycles. The fourth-order valence-electron chi connectivity index (χ4n) is 8.67. The maximum atomic E-state index is 6.17. The second-order valence-electron chi connectivity index (χ2n) is 14.5. The highest BCUT2D eigenvalue weighted by Crippen LogP contribution is 2.51. The number of hydrogen-bond donors (Lipinski definition) is 0. The van der Waals surface area contributed by atoms with Crippen LogP contribution in [0.15, 0.2) is 168 Å². The van der Waals surface area contributed by atoms with Crippen molar-refractivity contribution < 1.29 is 4.42 Å². The highest BCUT2D eigenvalue weighted by Gasteiger charge is 2.35. The van der Waals surface area contributed by atoms with Gasteiger partial charge >= 0.3 is 0 Å². The summed E-state index contributed by atoms with van der Waals surface area (Å²) in [5.41, 5.74) is 13.0. The average molecular weight is 684 g/mol. The average Bonchev–Trinajstić information content (AvgIpc) is 3.83. The van der Waals surface area contributed by atoms with E-state index in [-0.39, 0.29) is 5.41 Å². The Bertz CT molecular complexity index is 3050. The Morgan fingerprint density at radius 1 is 0.462 bits per heavy atom. The minimum Gasteiger partial charge on any atom is -0.456 e. The molecule has 10 aromatic rings. The molecule has 0 N–H and O–H groups in total. The number of fused-ring (bicyclic) bond motifs is 11. The summed E-state index contributed by atoms with van der Waals surface area (Å²) in [5, 5.41) is 7.39. The van der Waals surface area contributed by atoms with E-state index >= 15 is 0 Å². The molecule has 2 aromatic heterocycles. The fraction of sp³-hybridized carbons (Fsp3) is 0.0612. The van der Waals surface area contributed by atoms with Crippen LogP contribution in [0, 0.1) is 0 Å². The van der Waals surface area contributed by atoms with E-state index in [0.29, 0.717) is 0 Å². The van der Waals surface area contributed by atoms with E-state index in [1.165, 1.54) is 69.7 Å². The standard InChI is InChI=1S/C49H33NOS/c1-49(2)42-12-6-3-9-37(42)38-24-21-34(28-43(38)49)50(35-22-25-40-39-10-5-8-14-46(39)52-47(40)29-35)33-19-15-30(16-20-33)31-17-23-36-32(27-31)18-26-45-48(36)41-11-4-7-13-44(41)51-45/h3-29H,1-2H3. The Balaban J connectivity index is 1.04. The molecule has 11 rings (SSSR count). The zero-order valence-electron chi connectivity index (χ0n) is 28.9. The van der Waals surface area contributed by atoms with Crippen molar-refractivity contribution in [2.75, 3.05) is 4.90 Å². The first-order valence-electron chi connectivity index (χ1n) is 17.9. The van der Waals surface area contributed by atoms with Gasteiger partial charge in [-0.05, 0) is 105 Å². The SMILES string of the molecule is CC1(C)c2ccccc2-c2ccc(N(c3ccc(-c4ccc5c(ccc6oc7ccccc7c65)c4)cc3)c3ccc4c(c3)sc3ccccc34)cc21. The molecule has 8 aromatic carbocycles. The highest BCUT2D eigenvalue weighted by atomic mass is 32.1. The van der Waals surface area contributed by atoms with E-state index in [4.69, 9.17) is 4.42 Å². The predicted octanol–water partition coefficient (Wildman–Crippen LogP) is 14.6. The smallest absolute Gasteiger partial charge is 0.136 e. The number of nitrogens with zero attached hydrogens (tertiary/aromatic N) is 1. The third kappa shape index (κ3) is 4.30. The van der Waals surface area contributed by atoms with Crippen molar-refractivity contribution in [3.63, 3.8) is 0 Å². The number of para-hydroxylation sites is 1. The van der Waals surface area contributed by atoms with Gasteiger partial charge in [-0.15, -0.1) is 11.3 Å². The molecule has 0 saturated carbocycles. The van der Waals surface area contributed by atoms with Crippen LogP contribution < -0.4 is 4.90 Å². The molecule has 0 aliphatic heterocycles. The van der Waals surface area contributed by atoms with E-state index in [0.717, 1.165) is 33.6 Å². The van der Waals surface area contributed by atoms with Crippen LogP contribution in [0.4, 0.5) is 17.1 Å². The molecule has 1 aliphatic rings. The van der Waals surface area contributed by atoms with Gasteiger partial charge in [-0.2, -0.15) is 0 Å². The summed E-state index contributed by atoms with van der Waals surface area (Å²) in [6.07, 6.45) is 0. The third-order valence-corrected chi connectivity index (χ3v) is 12.4. The molecule has 0 fully saturated rings.